The highest BCUT2D eigenvalue weighted by atomic mass is 32.2. The zero-order valence-electron chi connectivity index (χ0n) is 12.9. The minimum atomic E-state index is -3.28. The Labute approximate surface area is 131 Å². The summed E-state index contributed by atoms with van der Waals surface area (Å²) in [7, 11) is -3.28. The van der Waals surface area contributed by atoms with E-state index in [0.717, 1.165) is 29.4 Å². The second kappa shape index (κ2) is 5.93. The van der Waals surface area contributed by atoms with Crippen LogP contribution in [0.2, 0.25) is 0 Å². The molecule has 0 radical (unpaired) electrons. The van der Waals surface area contributed by atoms with E-state index in [1.54, 1.807) is 0 Å². The largest absolute Gasteiger partial charge is 0.236 e. The van der Waals surface area contributed by atoms with E-state index < -0.39 is 10.0 Å². The maximum Gasteiger partial charge on any atom is 0.212 e. The number of hydrogen-bond donors (Lipinski definition) is 1. The van der Waals surface area contributed by atoms with Crippen molar-refractivity contribution in [3.8, 4) is 0 Å². The molecule has 1 saturated carbocycles. The average molecular weight is 319 g/mol. The van der Waals surface area contributed by atoms with Crippen molar-refractivity contribution in [1.82, 2.24) is 14.7 Å². The summed E-state index contributed by atoms with van der Waals surface area (Å²) in [6, 6.07) is 7.74. The van der Waals surface area contributed by atoms with E-state index in [1.807, 2.05) is 38.1 Å². The highest BCUT2D eigenvalue weighted by molar-refractivity contribution is 7.89. The van der Waals surface area contributed by atoms with Gasteiger partial charge in [0.15, 0.2) is 0 Å². The molecule has 0 spiro atoms. The van der Waals surface area contributed by atoms with Gasteiger partial charge in [-0.25, -0.2) is 23.1 Å². The third-order valence-corrected chi connectivity index (χ3v) is 5.75. The van der Waals surface area contributed by atoms with Gasteiger partial charge in [-0.2, -0.15) is 0 Å². The van der Waals surface area contributed by atoms with Gasteiger partial charge in [-0.15, -0.1) is 0 Å². The Hall–Kier alpha value is -1.53. The molecule has 0 bridgehead atoms. The van der Waals surface area contributed by atoms with Gasteiger partial charge in [-0.05, 0) is 37.7 Å². The average Bonchev–Trinajstić information content (AvgIpc) is 3.30. The number of fused-ring (bicyclic) bond motifs is 1. The molecule has 1 atom stereocenters. The smallest absolute Gasteiger partial charge is 0.212 e. The molecule has 1 heterocycles. The first kappa shape index (κ1) is 15.4. The molecular formula is C16H21N3O2S. The number of para-hydroxylation sites is 1. The molecule has 1 aliphatic rings. The van der Waals surface area contributed by atoms with Crippen molar-refractivity contribution in [1.29, 1.82) is 0 Å². The fraction of sp³-hybridized carbons (Fsp3) is 0.500. The first-order valence-electron chi connectivity index (χ1n) is 7.64. The van der Waals surface area contributed by atoms with E-state index in [9.17, 15) is 8.42 Å². The highest BCUT2D eigenvalue weighted by Crippen LogP contribution is 2.36. The highest BCUT2D eigenvalue weighted by Gasteiger charge is 2.31. The molecule has 1 aliphatic carbocycles. The van der Waals surface area contributed by atoms with Gasteiger partial charge in [0.05, 0.1) is 17.8 Å². The number of aryl methyl sites for hydroxylation is 1. The minimum Gasteiger partial charge on any atom is -0.236 e. The standard InChI is InChI=1S/C16H21N3O2S/c1-11(13-7-8-13)10-22(20,21)17-9-16-18-12(2)14-5-3-4-6-15(14)19-16/h3-6,11,13,17H,7-10H2,1-2H3. The van der Waals surface area contributed by atoms with Crippen molar-refractivity contribution >= 4 is 20.9 Å². The molecule has 5 nitrogen and oxygen atoms in total. The van der Waals surface area contributed by atoms with Gasteiger partial charge in [0.1, 0.15) is 5.82 Å². The van der Waals surface area contributed by atoms with Crippen LogP contribution in [0.1, 0.15) is 31.3 Å². The molecule has 2 aromatic rings. The van der Waals surface area contributed by atoms with Gasteiger partial charge < -0.3 is 0 Å². The lowest BCUT2D eigenvalue weighted by Crippen LogP contribution is -2.30. The third kappa shape index (κ3) is 3.62. The predicted molar refractivity (Wildman–Crippen MR) is 86.8 cm³/mol. The fourth-order valence-electron chi connectivity index (χ4n) is 2.75. The van der Waals surface area contributed by atoms with E-state index in [0.29, 0.717) is 11.7 Å². The van der Waals surface area contributed by atoms with Crippen molar-refractivity contribution in [2.45, 2.75) is 33.2 Å². The molecule has 0 saturated heterocycles. The summed E-state index contributed by atoms with van der Waals surface area (Å²) in [6.45, 7) is 4.07. The maximum atomic E-state index is 12.1. The van der Waals surface area contributed by atoms with Crippen LogP contribution in [0.5, 0.6) is 0 Å². The summed E-state index contributed by atoms with van der Waals surface area (Å²) in [5, 5.41) is 0.997. The van der Waals surface area contributed by atoms with E-state index in [1.165, 1.54) is 0 Å². The molecular weight excluding hydrogens is 298 g/mol. The zero-order valence-corrected chi connectivity index (χ0v) is 13.7. The number of benzene rings is 1. The first-order valence-corrected chi connectivity index (χ1v) is 9.29. The van der Waals surface area contributed by atoms with Crippen LogP contribution in [0.15, 0.2) is 24.3 Å². The summed E-state index contributed by atoms with van der Waals surface area (Å²) in [4.78, 5) is 8.82. The van der Waals surface area contributed by atoms with E-state index in [4.69, 9.17) is 0 Å². The molecule has 22 heavy (non-hydrogen) atoms. The Morgan fingerprint density at radius 2 is 2.00 bits per heavy atom. The Kier molecular flexibility index (Phi) is 4.14. The van der Waals surface area contributed by atoms with Crippen LogP contribution >= 0.6 is 0 Å². The minimum absolute atomic E-state index is 0.144. The lowest BCUT2D eigenvalue weighted by molar-refractivity contribution is 0.527. The molecule has 3 rings (SSSR count). The van der Waals surface area contributed by atoms with Gasteiger partial charge in [0.2, 0.25) is 10.0 Å². The zero-order chi connectivity index (χ0) is 15.7. The fourth-order valence-corrected chi connectivity index (χ4v) is 4.19. The quantitative estimate of drug-likeness (QED) is 0.887. The van der Waals surface area contributed by atoms with Crippen LogP contribution in [-0.2, 0) is 16.6 Å². The number of sulfonamides is 1. The predicted octanol–water partition coefficient (Wildman–Crippen LogP) is 2.40. The third-order valence-electron chi connectivity index (χ3n) is 4.20. The normalized spacial score (nSPS) is 16.8. The number of aromatic nitrogens is 2. The van der Waals surface area contributed by atoms with Gasteiger partial charge in [-0.1, -0.05) is 25.1 Å². The summed E-state index contributed by atoms with van der Waals surface area (Å²) in [5.41, 5.74) is 1.71. The van der Waals surface area contributed by atoms with Crippen LogP contribution in [0, 0.1) is 18.8 Å². The lowest BCUT2D eigenvalue weighted by atomic mass is 10.1. The van der Waals surface area contributed by atoms with E-state index in [-0.39, 0.29) is 18.2 Å². The summed E-state index contributed by atoms with van der Waals surface area (Å²) >= 11 is 0. The van der Waals surface area contributed by atoms with E-state index in [2.05, 4.69) is 14.7 Å². The Morgan fingerprint density at radius 1 is 1.27 bits per heavy atom. The topological polar surface area (TPSA) is 72.0 Å². The first-order chi connectivity index (χ1) is 10.4. The lowest BCUT2D eigenvalue weighted by Gasteiger charge is -2.12. The van der Waals surface area contributed by atoms with Crippen molar-refractivity contribution in [2.24, 2.45) is 11.8 Å². The summed E-state index contributed by atoms with van der Waals surface area (Å²) < 4.78 is 26.9. The van der Waals surface area contributed by atoms with Gasteiger partial charge >= 0.3 is 0 Å². The number of nitrogens with one attached hydrogen (secondary N) is 1. The molecule has 1 aromatic carbocycles. The second-order valence-corrected chi connectivity index (χ2v) is 8.01. The van der Waals surface area contributed by atoms with Crippen molar-refractivity contribution in [3.05, 3.63) is 35.8 Å². The van der Waals surface area contributed by atoms with Gasteiger partial charge in [-0.3, -0.25) is 0 Å². The van der Waals surface area contributed by atoms with Crippen LogP contribution < -0.4 is 4.72 Å². The second-order valence-electron chi connectivity index (χ2n) is 6.16. The summed E-state index contributed by atoms with van der Waals surface area (Å²) in [6.07, 6.45) is 2.31. The van der Waals surface area contributed by atoms with Crippen molar-refractivity contribution in [2.75, 3.05) is 5.75 Å². The van der Waals surface area contributed by atoms with Crippen LogP contribution in [-0.4, -0.2) is 24.1 Å². The summed E-state index contributed by atoms with van der Waals surface area (Å²) in [5.74, 6) is 1.50. The monoisotopic (exact) mass is 319 g/mol. The molecule has 1 aromatic heterocycles. The molecule has 0 aliphatic heterocycles. The molecule has 1 unspecified atom stereocenters. The van der Waals surface area contributed by atoms with Gasteiger partial charge in [0.25, 0.3) is 0 Å². The van der Waals surface area contributed by atoms with Crippen LogP contribution in [0.4, 0.5) is 0 Å². The number of rotatable bonds is 6. The van der Waals surface area contributed by atoms with Crippen molar-refractivity contribution < 1.29 is 8.42 Å². The number of nitrogens with zero attached hydrogens (tertiary/aromatic N) is 2. The van der Waals surface area contributed by atoms with Crippen LogP contribution in [0.3, 0.4) is 0 Å². The van der Waals surface area contributed by atoms with Crippen LogP contribution in [0.25, 0.3) is 10.9 Å². The van der Waals surface area contributed by atoms with E-state index >= 15 is 0 Å². The number of hydrogen-bond acceptors (Lipinski definition) is 4. The molecule has 118 valence electrons. The molecule has 1 N–H and O–H groups in total. The Bertz CT molecular complexity index is 785. The van der Waals surface area contributed by atoms with Gasteiger partial charge in [0, 0.05) is 11.1 Å². The molecule has 1 fully saturated rings. The SMILES string of the molecule is Cc1nc(CNS(=O)(=O)CC(C)C2CC2)nc2ccccc12. The maximum absolute atomic E-state index is 12.1. The molecule has 6 heteroatoms. The Morgan fingerprint density at radius 3 is 2.73 bits per heavy atom. The van der Waals surface area contributed by atoms with Crippen molar-refractivity contribution in [3.63, 3.8) is 0 Å². The Balaban J connectivity index is 1.70. The molecule has 0 amide bonds.